The van der Waals surface area contributed by atoms with Crippen LogP contribution in [0, 0.1) is 0 Å². The number of fused-ring (bicyclic) bond motifs is 2. The Morgan fingerprint density at radius 2 is 1.53 bits per heavy atom. The van der Waals surface area contributed by atoms with Gasteiger partial charge in [-0.25, -0.2) is 9.97 Å². The van der Waals surface area contributed by atoms with E-state index in [1.165, 1.54) is 11.1 Å². The molecule has 0 radical (unpaired) electrons. The summed E-state index contributed by atoms with van der Waals surface area (Å²) in [5, 5.41) is 0. The van der Waals surface area contributed by atoms with E-state index in [0.717, 1.165) is 18.1 Å². The lowest BCUT2D eigenvalue weighted by atomic mass is 10.0. The topological polar surface area (TPSA) is 29.0 Å². The first-order valence-corrected chi connectivity index (χ1v) is 4.98. The first kappa shape index (κ1) is 8.41. The SMILES string of the molecule is CN1c2ncccc2Cc2cccnc21. The van der Waals surface area contributed by atoms with Gasteiger partial charge < -0.3 is 4.90 Å². The number of hydrogen-bond acceptors (Lipinski definition) is 3. The van der Waals surface area contributed by atoms with Crippen molar-refractivity contribution < 1.29 is 0 Å². The molecule has 2 aromatic heterocycles. The van der Waals surface area contributed by atoms with Gasteiger partial charge >= 0.3 is 0 Å². The van der Waals surface area contributed by atoms with Crippen molar-refractivity contribution in [3.63, 3.8) is 0 Å². The average molecular weight is 197 g/mol. The quantitative estimate of drug-likeness (QED) is 0.648. The molecule has 3 heterocycles. The first-order chi connectivity index (χ1) is 7.36. The van der Waals surface area contributed by atoms with Crippen LogP contribution in [0.3, 0.4) is 0 Å². The molecule has 0 aromatic carbocycles. The van der Waals surface area contributed by atoms with E-state index >= 15 is 0 Å². The van der Waals surface area contributed by atoms with Crippen LogP contribution < -0.4 is 4.90 Å². The van der Waals surface area contributed by atoms with Crippen molar-refractivity contribution in [3.05, 3.63) is 47.8 Å². The van der Waals surface area contributed by atoms with Crippen LogP contribution in [0.5, 0.6) is 0 Å². The van der Waals surface area contributed by atoms with Gasteiger partial charge in [-0.05, 0) is 23.3 Å². The predicted octanol–water partition coefficient (Wildman–Crippen LogP) is 2.15. The number of aromatic nitrogens is 2. The minimum absolute atomic E-state index is 0.927. The highest BCUT2D eigenvalue weighted by molar-refractivity contribution is 5.67. The van der Waals surface area contributed by atoms with Crippen molar-refractivity contribution in [1.29, 1.82) is 0 Å². The Kier molecular flexibility index (Phi) is 1.71. The molecule has 3 heteroatoms. The Labute approximate surface area is 88.4 Å². The zero-order valence-electron chi connectivity index (χ0n) is 8.51. The molecule has 0 atom stereocenters. The van der Waals surface area contributed by atoms with Crippen LogP contribution in [-0.2, 0) is 6.42 Å². The summed E-state index contributed by atoms with van der Waals surface area (Å²) in [5.74, 6) is 2.03. The zero-order chi connectivity index (χ0) is 10.3. The Morgan fingerprint density at radius 1 is 1.00 bits per heavy atom. The van der Waals surface area contributed by atoms with E-state index in [2.05, 4.69) is 22.1 Å². The summed E-state index contributed by atoms with van der Waals surface area (Å²) in [6.07, 6.45) is 4.57. The molecule has 3 nitrogen and oxygen atoms in total. The second kappa shape index (κ2) is 3.05. The molecule has 1 aliphatic rings. The van der Waals surface area contributed by atoms with E-state index in [1.807, 2.05) is 36.5 Å². The van der Waals surface area contributed by atoms with Gasteiger partial charge in [0.2, 0.25) is 0 Å². The Hall–Kier alpha value is -1.90. The molecule has 2 aromatic rings. The lowest BCUT2D eigenvalue weighted by Gasteiger charge is -2.27. The third kappa shape index (κ3) is 1.20. The summed E-state index contributed by atoms with van der Waals surface area (Å²) in [6, 6.07) is 8.20. The number of anilines is 2. The van der Waals surface area contributed by atoms with Crippen molar-refractivity contribution in [2.45, 2.75) is 6.42 Å². The van der Waals surface area contributed by atoms with Gasteiger partial charge in [-0.15, -0.1) is 0 Å². The molecule has 3 rings (SSSR count). The van der Waals surface area contributed by atoms with Crippen LogP contribution in [0.1, 0.15) is 11.1 Å². The van der Waals surface area contributed by atoms with Crippen molar-refractivity contribution >= 4 is 11.6 Å². The zero-order valence-corrected chi connectivity index (χ0v) is 8.51. The molecule has 0 unspecified atom stereocenters. The molecule has 0 saturated carbocycles. The Morgan fingerprint density at radius 3 is 2.07 bits per heavy atom. The second-order valence-electron chi connectivity index (χ2n) is 3.71. The van der Waals surface area contributed by atoms with Crippen molar-refractivity contribution in [3.8, 4) is 0 Å². The van der Waals surface area contributed by atoms with Gasteiger partial charge in [0.15, 0.2) is 0 Å². The second-order valence-corrected chi connectivity index (χ2v) is 3.71. The largest absolute Gasteiger partial charge is 0.314 e. The molecule has 0 bridgehead atoms. The fourth-order valence-corrected chi connectivity index (χ4v) is 2.05. The van der Waals surface area contributed by atoms with E-state index in [1.54, 1.807) is 0 Å². The maximum atomic E-state index is 4.39. The third-order valence-corrected chi connectivity index (χ3v) is 2.75. The molecule has 0 N–H and O–H groups in total. The van der Waals surface area contributed by atoms with Crippen LogP contribution in [0.25, 0.3) is 0 Å². The monoisotopic (exact) mass is 197 g/mol. The number of rotatable bonds is 0. The lowest BCUT2D eigenvalue weighted by molar-refractivity contribution is 0.970. The van der Waals surface area contributed by atoms with Gasteiger partial charge in [-0.2, -0.15) is 0 Å². The molecule has 15 heavy (non-hydrogen) atoms. The molecule has 0 saturated heterocycles. The summed E-state index contributed by atoms with van der Waals surface area (Å²) in [5.41, 5.74) is 2.53. The minimum Gasteiger partial charge on any atom is -0.314 e. The van der Waals surface area contributed by atoms with Gasteiger partial charge in [0.1, 0.15) is 11.6 Å². The Bertz CT molecular complexity index is 462. The van der Waals surface area contributed by atoms with Crippen LogP contribution in [0.15, 0.2) is 36.7 Å². The smallest absolute Gasteiger partial charge is 0.137 e. The number of nitrogens with zero attached hydrogens (tertiary/aromatic N) is 3. The minimum atomic E-state index is 0.927. The van der Waals surface area contributed by atoms with Crippen molar-refractivity contribution in [2.75, 3.05) is 11.9 Å². The van der Waals surface area contributed by atoms with E-state index in [0.29, 0.717) is 0 Å². The van der Waals surface area contributed by atoms with E-state index < -0.39 is 0 Å². The summed E-state index contributed by atoms with van der Waals surface area (Å²) in [7, 11) is 2.01. The standard InChI is InChI=1S/C12H11N3/c1-15-11-9(4-2-6-13-11)8-10-5-3-7-14-12(10)15/h2-7H,8H2,1H3. The highest BCUT2D eigenvalue weighted by Gasteiger charge is 2.20. The van der Waals surface area contributed by atoms with Gasteiger partial charge in [-0.3, -0.25) is 0 Å². The molecule has 0 aliphatic carbocycles. The van der Waals surface area contributed by atoms with Gasteiger partial charge in [-0.1, -0.05) is 12.1 Å². The molecule has 0 amide bonds. The molecular formula is C12H11N3. The first-order valence-electron chi connectivity index (χ1n) is 4.98. The fourth-order valence-electron chi connectivity index (χ4n) is 2.05. The molecule has 0 spiro atoms. The summed E-state index contributed by atoms with van der Waals surface area (Å²) < 4.78 is 0. The van der Waals surface area contributed by atoms with Crippen LogP contribution in [0.4, 0.5) is 11.6 Å². The van der Waals surface area contributed by atoms with Gasteiger partial charge in [0.05, 0.1) is 0 Å². The Balaban J connectivity index is 2.20. The van der Waals surface area contributed by atoms with Gasteiger partial charge in [0.25, 0.3) is 0 Å². The predicted molar refractivity (Wildman–Crippen MR) is 59.3 cm³/mol. The lowest BCUT2D eigenvalue weighted by Crippen LogP contribution is -2.20. The van der Waals surface area contributed by atoms with Crippen LogP contribution in [0.2, 0.25) is 0 Å². The summed E-state index contributed by atoms with van der Waals surface area (Å²) in [4.78, 5) is 10.8. The number of hydrogen-bond donors (Lipinski definition) is 0. The maximum Gasteiger partial charge on any atom is 0.137 e. The van der Waals surface area contributed by atoms with Crippen LogP contribution in [-0.4, -0.2) is 17.0 Å². The highest BCUT2D eigenvalue weighted by Crippen LogP contribution is 2.33. The average Bonchev–Trinajstić information content (AvgIpc) is 2.30. The molecule has 0 fully saturated rings. The molecule has 74 valence electrons. The van der Waals surface area contributed by atoms with E-state index in [-0.39, 0.29) is 0 Å². The van der Waals surface area contributed by atoms with Gasteiger partial charge in [0, 0.05) is 25.9 Å². The number of pyridine rings is 2. The van der Waals surface area contributed by atoms with E-state index in [9.17, 15) is 0 Å². The normalized spacial score (nSPS) is 13.3. The van der Waals surface area contributed by atoms with Crippen molar-refractivity contribution in [2.24, 2.45) is 0 Å². The maximum absolute atomic E-state index is 4.39. The third-order valence-electron chi connectivity index (χ3n) is 2.75. The highest BCUT2D eigenvalue weighted by atomic mass is 15.2. The van der Waals surface area contributed by atoms with Crippen molar-refractivity contribution in [1.82, 2.24) is 9.97 Å². The fraction of sp³-hybridized carbons (Fsp3) is 0.167. The summed E-state index contributed by atoms with van der Waals surface area (Å²) >= 11 is 0. The molecular weight excluding hydrogens is 186 g/mol. The summed E-state index contributed by atoms with van der Waals surface area (Å²) in [6.45, 7) is 0. The van der Waals surface area contributed by atoms with E-state index in [4.69, 9.17) is 0 Å². The molecule has 1 aliphatic heterocycles. The van der Waals surface area contributed by atoms with Crippen LogP contribution >= 0.6 is 0 Å².